The molecule has 3 rings (SSSR count). The number of aromatic nitrogens is 2. The predicted octanol–water partition coefficient (Wildman–Crippen LogP) is 2.78. The van der Waals surface area contributed by atoms with E-state index in [9.17, 15) is 9.18 Å². The molecule has 1 aliphatic carbocycles. The Morgan fingerprint density at radius 3 is 2.92 bits per heavy atom. The van der Waals surface area contributed by atoms with Gasteiger partial charge in [-0.15, -0.1) is 0 Å². The summed E-state index contributed by atoms with van der Waals surface area (Å²) >= 11 is 0. The first-order chi connectivity index (χ1) is 11.7. The Labute approximate surface area is 139 Å². The minimum Gasteiger partial charge on any atom is -0.396 e. The van der Waals surface area contributed by atoms with Gasteiger partial charge in [-0.1, -0.05) is 0 Å². The molecule has 0 saturated heterocycles. The first-order valence-electron chi connectivity index (χ1n) is 8.17. The molecule has 0 aliphatic heterocycles. The first kappa shape index (κ1) is 16.4. The number of hydrogen-bond acceptors (Lipinski definition) is 3. The van der Waals surface area contributed by atoms with Crippen LogP contribution in [0.1, 0.15) is 25.7 Å². The SMILES string of the molecule is O=C(Nc1cc(F)ccc1-n1cccn1)N(CCCCO)C1CC1. The van der Waals surface area contributed by atoms with Crippen molar-refractivity contribution in [1.29, 1.82) is 0 Å². The van der Waals surface area contributed by atoms with E-state index in [-0.39, 0.29) is 18.7 Å². The van der Waals surface area contributed by atoms with Crippen molar-refractivity contribution in [2.24, 2.45) is 0 Å². The number of carbonyl (C=O) groups excluding carboxylic acids is 1. The number of benzene rings is 1. The van der Waals surface area contributed by atoms with Crippen molar-refractivity contribution in [3.05, 3.63) is 42.5 Å². The topological polar surface area (TPSA) is 70.4 Å². The molecule has 0 bridgehead atoms. The molecule has 24 heavy (non-hydrogen) atoms. The summed E-state index contributed by atoms with van der Waals surface area (Å²) in [6.07, 6.45) is 6.75. The molecule has 128 valence electrons. The third-order valence-corrected chi connectivity index (χ3v) is 4.01. The first-order valence-corrected chi connectivity index (χ1v) is 8.17. The van der Waals surface area contributed by atoms with Crippen molar-refractivity contribution in [3.8, 4) is 5.69 Å². The van der Waals surface area contributed by atoms with Gasteiger partial charge in [0.2, 0.25) is 0 Å². The third-order valence-electron chi connectivity index (χ3n) is 4.01. The third kappa shape index (κ3) is 3.91. The fraction of sp³-hybridized carbons (Fsp3) is 0.412. The maximum atomic E-state index is 13.6. The normalized spacial score (nSPS) is 13.8. The molecule has 1 saturated carbocycles. The van der Waals surface area contributed by atoms with Gasteiger partial charge in [0.05, 0.1) is 11.4 Å². The van der Waals surface area contributed by atoms with E-state index >= 15 is 0 Å². The molecule has 2 amide bonds. The van der Waals surface area contributed by atoms with Crippen LogP contribution in [0.2, 0.25) is 0 Å². The molecule has 7 heteroatoms. The number of amides is 2. The van der Waals surface area contributed by atoms with Crippen molar-refractivity contribution in [2.75, 3.05) is 18.5 Å². The maximum absolute atomic E-state index is 13.6. The molecular formula is C17H21FN4O2. The number of aliphatic hydroxyl groups excluding tert-OH is 1. The second-order valence-corrected chi connectivity index (χ2v) is 5.90. The largest absolute Gasteiger partial charge is 0.396 e. The lowest BCUT2D eigenvalue weighted by Crippen LogP contribution is -2.37. The van der Waals surface area contributed by atoms with Gasteiger partial charge in [-0.05, 0) is 49.9 Å². The molecule has 1 aromatic carbocycles. The van der Waals surface area contributed by atoms with E-state index in [1.165, 1.54) is 12.1 Å². The number of halogens is 1. The summed E-state index contributed by atoms with van der Waals surface area (Å²) in [5.41, 5.74) is 0.998. The second kappa shape index (κ2) is 7.44. The molecule has 0 radical (unpaired) electrons. The number of nitrogens with one attached hydrogen (secondary N) is 1. The molecule has 0 unspecified atom stereocenters. The van der Waals surface area contributed by atoms with Crippen LogP contribution in [0.4, 0.5) is 14.9 Å². The predicted molar refractivity (Wildman–Crippen MR) is 88.6 cm³/mol. The van der Waals surface area contributed by atoms with Gasteiger partial charge in [-0.2, -0.15) is 5.10 Å². The molecule has 6 nitrogen and oxygen atoms in total. The van der Waals surface area contributed by atoms with E-state index in [0.717, 1.165) is 19.3 Å². The minimum atomic E-state index is -0.417. The van der Waals surface area contributed by atoms with Crippen molar-refractivity contribution < 1.29 is 14.3 Å². The molecule has 0 spiro atoms. The van der Waals surface area contributed by atoms with E-state index in [0.29, 0.717) is 24.3 Å². The summed E-state index contributed by atoms with van der Waals surface area (Å²) in [6.45, 7) is 0.705. The fourth-order valence-electron chi connectivity index (χ4n) is 2.64. The smallest absolute Gasteiger partial charge is 0.322 e. The Kier molecular flexibility index (Phi) is 5.10. The number of anilines is 1. The van der Waals surface area contributed by atoms with Gasteiger partial charge in [-0.25, -0.2) is 13.9 Å². The van der Waals surface area contributed by atoms with Crippen LogP contribution in [0.3, 0.4) is 0 Å². The Balaban J connectivity index is 1.76. The maximum Gasteiger partial charge on any atom is 0.322 e. The average Bonchev–Trinajstić information content (AvgIpc) is 3.25. The highest BCUT2D eigenvalue weighted by Gasteiger charge is 2.32. The Morgan fingerprint density at radius 2 is 2.25 bits per heavy atom. The quantitative estimate of drug-likeness (QED) is 0.766. The molecule has 1 aromatic heterocycles. The number of urea groups is 1. The van der Waals surface area contributed by atoms with E-state index in [2.05, 4.69) is 10.4 Å². The van der Waals surface area contributed by atoms with Gasteiger partial charge < -0.3 is 15.3 Å². The standard InChI is InChI=1S/C17H21FN4O2/c18-13-4-7-16(22-10-3-8-19-22)15(12-13)20-17(24)21(14-5-6-14)9-1-2-11-23/h3-4,7-8,10,12,14,23H,1-2,5-6,9,11H2,(H,20,24). The summed E-state index contributed by atoms with van der Waals surface area (Å²) in [7, 11) is 0. The summed E-state index contributed by atoms with van der Waals surface area (Å²) in [6, 6.07) is 5.99. The summed E-state index contributed by atoms with van der Waals surface area (Å²) < 4.78 is 15.2. The molecule has 2 aromatic rings. The molecule has 1 fully saturated rings. The van der Waals surface area contributed by atoms with Crippen molar-refractivity contribution in [3.63, 3.8) is 0 Å². The van der Waals surface area contributed by atoms with Crippen LogP contribution in [0.25, 0.3) is 5.69 Å². The van der Waals surface area contributed by atoms with E-state index in [4.69, 9.17) is 5.11 Å². The molecule has 1 aliphatic rings. The Bertz CT molecular complexity index is 686. The van der Waals surface area contributed by atoms with E-state index in [1.54, 1.807) is 34.1 Å². The lowest BCUT2D eigenvalue weighted by atomic mass is 10.2. The number of aliphatic hydroxyl groups is 1. The van der Waals surface area contributed by atoms with Crippen LogP contribution < -0.4 is 5.32 Å². The van der Waals surface area contributed by atoms with Crippen LogP contribution in [0.15, 0.2) is 36.7 Å². The fourth-order valence-corrected chi connectivity index (χ4v) is 2.64. The van der Waals surface area contributed by atoms with Crippen LogP contribution in [0, 0.1) is 5.82 Å². The van der Waals surface area contributed by atoms with Gasteiger partial charge in [0.15, 0.2) is 0 Å². The van der Waals surface area contributed by atoms with Gasteiger partial charge in [-0.3, -0.25) is 0 Å². The minimum absolute atomic E-state index is 0.119. The highest BCUT2D eigenvalue weighted by Crippen LogP contribution is 2.29. The van der Waals surface area contributed by atoms with Crippen molar-refractivity contribution in [2.45, 2.75) is 31.7 Å². The monoisotopic (exact) mass is 332 g/mol. The number of rotatable bonds is 7. The zero-order valence-corrected chi connectivity index (χ0v) is 13.4. The number of unbranched alkanes of at least 4 members (excludes halogenated alkanes) is 1. The average molecular weight is 332 g/mol. The lowest BCUT2D eigenvalue weighted by molar-refractivity contribution is 0.204. The summed E-state index contributed by atoms with van der Waals surface area (Å²) in [4.78, 5) is 14.4. The van der Waals surface area contributed by atoms with Gasteiger partial charge in [0.25, 0.3) is 0 Å². The molecule has 0 atom stereocenters. The lowest BCUT2D eigenvalue weighted by Gasteiger charge is -2.23. The highest BCUT2D eigenvalue weighted by molar-refractivity contribution is 5.92. The van der Waals surface area contributed by atoms with E-state index in [1.807, 2.05) is 0 Å². The zero-order chi connectivity index (χ0) is 16.9. The molecule has 1 heterocycles. The summed E-state index contributed by atoms with van der Waals surface area (Å²) in [5.74, 6) is -0.417. The Morgan fingerprint density at radius 1 is 1.42 bits per heavy atom. The van der Waals surface area contributed by atoms with Gasteiger partial charge in [0.1, 0.15) is 5.82 Å². The highest BCUT2D eigenvalue weighted by atomic mass is 19.1. The van der Waals surface area contributed by atoms with E-state index < -0.39 is 5.82 Å². The van der Waals surface area contributed by atoms with Crippen LogP contribution in [0.5, 0.6) is 0 Å². The molecular weight excluding hydrogens is 311 g/mol. The van der Waals surface area contributed by atoms with Crippen LogP contribution in [-0.4, -0.2) is 45.0 Å². The van der Waals surface area contributed by atoms with Crippen molar-refractivity contribution in [1.82, 2.24) is 14.7 Å². The Hall–Kier alpha value is -2.41. The van der Waals surface area contributed by atoms with Crippen molar-refractivity contribution >= 4 is 11.7 Å². The zero-order valence-electron chi connectivity index (χ0n) is 13.4. The number of carbonyl (C=O) groups is 1. The van der Waals surface area contributed by atoms with Crippen LogP contribution in [-0.2, 0) is 0 Å². The van der Waals surface area contributed by atoms with Gasteiger partial charge >= 0.3 is 6.03 Å². The number of hydrogen-bond donors (Lipinski definition) is 2. The molecule has 2 N–H and O–H groups in total. The van der Waals surface area contributed by atoms with Crippen LogP contribution >= 0.6 is 0 Å². The summed E-state index contributed by atoms with van der Waals surface area (Å²) in [5, 5.41) is 15.9. The second-order valence-electron chi connectivity index (χ2n) is 5.90. The van der Waals surface area contributed by atoms with Gasteiger partial charge in [0, 0.05) is 31.6 Å². The number of nitrogens with zero attached hydrogens (tertiary/aromatic N) is 3.